The van der Waals surface area contributed by atoms with Gasteiger partial charge in [-0.1, -0.05) is 13.8 Å². The van der Waals surface area contributed by atoms with Gasteiger partial charge in [-0.25, -0.2) is 0 Å². The molecule has 1 aliphatic carbocycles. The van der Waals surface area contributed by atoms with Crippen LogP contribution in [0.1, 0.15) is 26.7 Å². The summed E-state index contributed by atoms with van der Waals surface area (Å²) in [6, 6.07) is 0. The monoisotopic (exact) mass is 128 g/mol. The van der Waals surface area contributed by atoms with Crippen molar-refractivity contribution < 1.29 is 5.11 Å². The largest absolute Gasteiger partial charge is 0.396 e. The zero-order valence-electron chi connectivity index (χ0n) is 6.30. The van der Waals surface area contributed by atoms with Crippen LogP contribution in [0.2, 0.25) is 0 Å². The number of rotatable bonds is 2. The summed E-state index contributed by atoms with van der Waals surface area (Å²) < 4.78 is 0. The minimum atomic E-state index is 0.406. The fourth-order valence-electron chi connectivity index (χ4n) is 1.48. The lowest BCUT2D eigenvalue weighted by Gasteiger charge is -2.36. The molecular formula is C8H16O. The van der Waals surface area contributed by atoms with E-state index in [1.165, 1.54) is 12.8 Å². The van der Waals surface area contributed by atoms with E-state index in [9.17, 15) is 0 Å². The smallest absolute Gasteiger partial charge is 0.0459 e. The molecule has 0 spiro atoms. The third kappa shape index (κ3) is 1.45. The molecule has 54 valence electrons. The van der Waals surface area contributed by atoms with Gasteiger partial charge in [0.2, 0.25) is 0 Å². The molecule has 0 unspecified atom stereocenters. The summed E-state index contributed by atoms with van der Waals surface area (Å²) in [6.45, 7) is 4.93. The van der Waals surface area contributed by atoms with Crippen molar-refractivity contribution in [2.75, 3.05) is 6.61 Å². The molecule has 1 nitrogen and oxygen atoms in total. The van der Waals surface area contributed by atoms with E-state index in [-0.39, 0.29) is 0 Å². The van der Waals surface area contributed by atoms with Crippen LogP contribution in [-0.2, 0) is 0 Å². The molecule has 0 aromatic rings. The zero-order valence-corrected chi connectivity index (χ0v) is 6.30. The van der Waals surface area contributed by atoms with Crippen LogP contribution in [-0.4, -0.2) is 11.7 Å². The molecule has 1 N–H and O–H groups in total. The Morgan fingerprint density at radius 3 is 2.33 bits per heavy atom. The second kappa shape index (κ2) is 2.70. The normalized spacial score (nSPS) is 34.7. The van der Waals surface area contributed by atoms with Gasteiger partial charge in [0, 0.05) is 6.61 Å². The highest BCUT2D eigenvalue weighted by Gasteiger charge is 2.29. The van der Waals surface area contributed by atoms with Crippen molar-refractivity contribution in [3.63, 3.8) is 0 Å². The predicted octanol–water partition coefficient (Wildman–Crippen LogP) is 1.66. The third-order valence-electron chi connectivity index (χ3n) is 2.47. The van der Waals surface area contributed by atoms with Crippen LogP contribution in [0.5, 0.6) is 0 Å². The van der Waals surface area contributed by atoms with Crippen molar-refractivity contribution >= 4 is 0 Å². The standard InChI is InChI=1S/C8H16O/c1-6(2)8-3-7(4-8)5-9/h6-9H,3-5H2,1-2H3/t7-,8-. The van der Waals surface area contributed by atoms with Gasteiger partial charge in [-0.2, -0.15) is 0 Å². The van der Waals surface area contributed by atoms with Gasteiger partial charge in [0.15, 0.2) is 0 Å². The fraction of sp³-hybridized carbons (Fsp3) is 1.00. The number of hydrogen-bond acceptors (Lipinski definition) is 1. The Hall–Kier alpha value is -0.0400. The van der Waals surface area contributed by atoms with E-state index < -0.39 is 0 Å². The lowest BCUT2D eigenvalue weighted by atomic mass is 9.70. The molecule has 9 heavy (non-hydrogen) atoms. The second-order valence-corrected chi connectivity index (χ2v) is 3.52. The van der Waals surface area contributed by atoms with E-state index in [4.69, 9.17) is 5.11 Å². The summed E-state index contributed by atoms with van der Waals surface area (Å²) in [6.07, 6.45) is 2.52. The van der Waals surface area contributed by atoms with Gasteiger partial charge >= 0.3 is 0 Å². The fourth-order valence-corrected chi connectivity index (χ4v) is 1.48. The van der Waals surface area contributed by atoms with E-state index in [1.54, 1.807) is 0 Å². The Morgan fingerprint density at radius 1 is 1.44 bits per heavy atom. The second-order valence-electron chi connectivity index (χ2n) is 3.52. The van der Waals surface area contributed by atoms with Crippen molar-refractivity contribution in [1.82, 2.24) is 0 Å². The van der Waals surface area contributed by atoms with E-state index in [1.807, 2.05) is 0 Å². The van der Waals surface area contributed by atoms with Gasteiger partial charge in [-0.05, 0) is 30.6 Å². The zero-order chi connectivity index (χ0) is 6.85. The highest BCUT2D eigenvalue weighted by molar-refractivity contribution is 4.80. The molecule has 0 atom stereocenters. The molecule has 1 saturated carbocycles. The van der Waals surface area contributed by atoms with Crippen LogP contribution in [0.25, 0.3) is 0 Å². The first-order chi connectivity index (χ1) is 4.24. The maximum atomic E-state index is 8.69. The van der Waals surface area contributed by atoms with Crippen LogP contribution in [0.15, 0.2) is 0 Å². The Labute approximate surface area is 57.1 Å². The van der Waals surface area contributed by atoms with Crippen LogP contribution in [0.3, 0.4) is 0 Å². The van der Waals surface area contributed by atoms with Crippen LogP contribution >= 0.6 is 0 Å². The van der Waals surface area contributed by atoms with E-state index in [0.29, 0.717) is 12.5 Å². The summed E-state index contributed by atoms with van der Waals surface area (Å²) in [5.41, 5.74) is 0. The minimum Gasteiger partial charge on any atom is -0.396 e. The molecule has 0 saturated heterocycles. The summed E-state index contributed by atoms with van der Waals surface area (Å²) in [5.74, 6) is 2.37. The van der Waals surface area contributed by atoms with Crippen molar-refractivity contribution in [1.29, 1.82) is 0 Å². The Balaban J connectivity index is 2.12. The summed E-state index contributed by atoms with van der Waals surface area (Å²) in [7, 11) is 0. The maximum absolute atomic E-state index is 8.69. The highest BCUT2D eigenvalue weighted by atomic mass is 16.3. The van der Waals surface area contributed by atoms with E-state index in [0.717, 1.165) is 11.8 Å². The number of aliphatic hydroxyl groups is 1. The Bertz CT molecular complexity index is 82.6. The first kappa shape index (κ1) is 7.07. The average molecular weight is 128 g/mol. The first-order valence-electron chi connectivity index (χ1n) is 3.85. The molecule has 0 aromatic heterocycles. The molecule has 0 radical (unpaired) electrons. The molecular weight excluding hydrogens is 112 g/mol. The average Bonchev–Trinajstić information content (AvgIpc) is 1.61. The van der Waals surface area contributed by atoms with Crippen molar-refractivity contribution in [2.45, 2.75) is 26.7 Å². The van der Waals surface area contributed by atoms with Crippen LogP contribution in [0.4, 0.5) is 0 Å². The van der Waals surface area contributed by atoms with Gasteiger partial charge in [0.05, 0.1) is 0 Å². The highest BCUT2D eigenvalue weighted by Crippen LogP contribution is 2.37. The lowest BCUT2D eigenvalue weighted by molar-refractivity contribution is 0.0801. The van der Waals surface area contributed by atoms with Gasteiger partial charge in [-0.15, -0.1) is 0 Å². The van der Waals surface area contributed by atoms with Gasteiger partial charge in [0.25, 0.3) is 0 Å². The van der Waals surface area contributed by atoms with Crippen LogP contribution in [0, 0.1) is 17.8 Å². The molecule has 1 heteroatoms. The molecule has 1 rings (SSSR count). The summed E-state index contributed by atoms with van der Waals surface area (Å²) >= 11 is 0. The van der Waals surface area contributed by atoms with E-state index in [2.05, 4.69) is 13.8 Å². The summed E-state index contributed by atoms with van der Waals surface area (Å²) in [4.78, 5) is 0. The SMILES string of the molecule is CC(C)[C@H]1C[C@H](CO)C1. The quantitative estimate of drug-likeness (QED) is 0.599. The topological polar surface area (TPSA) is 20.2 Å². The first-order valence-corrected chi connectivity index (χ1v) is 3.85. The van der Waals surface area contributed by atoms with Crippen molar-refractivity contribution in [3.8, 4) is 0 Å². The van der Waals surface area contributed by atoms with Crippen molar-refractivity contribution in [3.05, 3.63) is 0 Å². The number of aliphatic hydroxyl groups excluding tert-OH is 1. The minimum absolute atomic E-state index is 0.406. The Kier molecular flexibility index (Phi) is 2.12. The molecule has 0 aromatic carbocycles. The summed E-state index contributed by atoms with van der Waals surface area (Å²) in [5, 5.41) is 8.69. The molecule has 0 amide bonds. The van der Waals surface area contributed by atoms with Crippen LogP contribution < -0.4 is 0 Å². The third-order valence-corrected chi connectivity index (χ3v) is 2.47. The van der Waals surface area contributed by atoms with Gasteiger partial charge < -0.3 is 5.11 Å². The predicted molar refractivity (Wildman–Crippen MR) is 38.1 cm³/mol. The van der Waals surface area contributed by atoms with Gasteiger partial charge in [0.1, 0.15) is 0 Å². The molecule has 1 aliphatic rings. The van der Waals surface area contributed by atoms with Crippen molar-refractivity contribution in [2.24, 2.45) is 17.8 Å². The van der Waals surface area contributed by atoms with E-state index >= 15 is 0 Å². The Morgan fingerprint density at radius 2 is 2.00 bits per heavy atom. The maximum Gasteiger partial charge on any atom is 0.0459 e. The lowest BCUT2D eigenvalue weighted by Crippen LogP contribution is -2.29. The molecule has 1 fully saturated rings. The van der Waals surface area contributed by atoms with Gasteiger partial charge in [-0.3, -0.25) is 0 Å². The molecule has 0 aliphatic heterocycles. The molecule has 0 heterocycles. The molecule has 0 bridgehead atoms. The number of hydrogen-bond donors (Lipinski definition) is 1.